The van der Waals surface area contributed by atoms with E-state index in [1.165, 1.54) is 0 Å². The van der Waals surface area contributed by atoms with Gasteiger partial charge in [0.25, 0.3) is 0 Å². The second kappa shape index (κ2) is 8.15. The van der Waals surface area contributed by atoms with Gasteiger partial charge in [0.15, 0.2) is 0 Å². The van der Waals surface area contributed by atoms with Crippen LogP contribution in [0.5, 0.6) is 5.75 Å². The lowest BCUT2D eigenvalue weighted by Crippen LogP contribution is -2.31. The summed E-state index contributed by atoms with van der Waals surface area (Å²) in [5.74, 6) is 1.70. The van der Waals surface area contributed by atoms with E-state index in [1.54, 1.807) is 13.3 Å². The summed E-state index contributed by atoms with van der Waals surface area (Å²) in [5, 5.41) is 11.1. The Bertz CT molecular complexity index is 875. The molecule has 1 N–H and O–H groups in total. The van der Waals surface area contributed by atoms with E-state index in [-0.39, 0.29) is 0 Å². The van der Waals surface area contributed by atoms with E-state index < -0.39 is 6.10 Å². The molecule has 3 aromatic rings. The number of hydrogen-bond donors (Lipinski definition) is 1. The van der Waals surface area contributed by atoms with Crippen LogP contribution < -0.4 is 9.64 Å². The summed E-state index contributed by atoms with van der Waals surface area (Å²) < 4.78 is 5.77. The van der Waals surface area contributed by atoms with Crippen molar-refractivity contribution in [3.8, 4) is 5.75 Å². The topological polar surface area (TPSA) is 58.5 Å². The summed E-state index contributed by atoms with van der Waals surface area (Å²) in [6, 6.07) is 14.0. The average molecular weight is 351 g/mol. The van der Waals surface area contributed by atoms with Crippen LogP contribution >= 0.6 is 0 Å². The number of anilines is 1. The molecule has 0 spiro atoms. The quantitative estimate of drug-likeness (QED) is 0.703. The molecule has 26 heavy (non-hydrogen) atoms. The second-order valence-electron chi connectivity index (χ2n) is 6.44. The highest BCUT2D eigenvalue weighted by Gasteiger charge is 2.18. The lowest BCUT2D eigenvalue weighted by molar-refractivity contribution is 0.199. The fourth-order valence-corrected chi connectivity index (χ4v) is 3.18. The van der Waals surface area contributed by atoms with Gasteiger partial charge in [-0.25, -0.2) is 9.97 Å². The molecule has 1 aromatic heterocycles. The number of hydrogen-bond acceptors (Lipinski definition) is 5. The first kappa shape index (κ1) is 18.1. The first-order chi connectivity index (χ1) is 12.6. The van der Waals surface area contributed by atoms with Gasteiger partial charge in [0.1, 0.15) is 17.9 Å². The van der Waals surface area contributed by atoms with Crippen LogP contribution in [0.2, 0.25) is 0 Å². The van der Waals surface area contributed by atoms with E-state index in [0.717, 1.165) is 33.6 Å². The van der Waals surface area contributed by atoms with Crippen LogP contribution in [0.1, 0.15) is 25.0 Å². The molecule has 0 saturated carbocycles. The molecular formula is C21H25N3O2. The van der Waals surface area contributed by atoms with E-state index in [1.807, 2.05) is 37.3 Å². The van der Waals surface area contributed by atoms with Crippen molar-refractivity contribution in [2.75, 3.05) is 18.1 Å². The van der Waals surface area contributed by atoms with Gasteiger partial charge in [0.2, 0.25) is 0 Å². The van der Waals surface area contributed by atoms with Crippen molar-refractivity contribution >= 4 is 16.7 Å². The Morgan fingerprint density at radius 1 is 1.12 bits per heavy atom. The molecular weight excluding hydrogens is 326 g/mol. The minimum absolute atomic E-state index is 0.473. The minimum atomic E-state index is -0.483. The second-order valence-corrected chi connectivity index (χ2v) is 6.44. The van der Waals surface area contributed by atoms with Gasteiger partial charge in [-0.3, -0.25) is 0 Å². The number of benzene rings is 2. The molecule has 136 valence electrons. The lowest BCUT2D eigenvalue weighted by Gasteiger charge is -2.27. The first-order valence-electron chi connectivity index (χ1n) is 8.94. The predicted molar refractivity (Wildman–Crippen MR) is 105 cm³/mol. The number of para-hydroxylation sites is 1. The fraction of sp³-hybridized carbons (Fsp3) is 0.333. The van der Waals surface area contributed by atoms with Crippen LogP contribution in [-0.2, 0) is 6.54 Å². The van der Waals surface area contributed by atoms with Gasteiger partial charge in [-0.15, -0.1) is 0 Å². The van der Waals surface area contributed by atoms with Gasteiger partial charge in [-0.05, 0) is 38.5 Å². The van der Waals surface area contributed by atoms with Crippen molar-refractivity contribution in [1.29, 1.82) is 0 Å². The highest BCUT2D eigenvalue weighted by Crippen LogP contribution is 2.29. The Morgan fingerprint density at radius 3 is 2.69 bits per heavy atom. The summed E-state index contributed by atoms with van der Waals surface area (Å²) in [6.45, 7) is 7.51. The van der Waals surface area contributed by atoms with Gasteiger partial charge in [0, 0.05) is 24.0 Å². The van der Waals surface area contributed by atoms with Gasteiger partial charge >= 0.3 is 0 Å². The summed E-state index contributed by atoms with van der Waals surface area (Å²) in [7, 11) is 0. The maximum absolute atomic E-state index is 10.1. The minimum Gasteiger partial charge on any atom is -0.494 e. The highest BCUT2D eigenvalue weighted by atomic mass is 16.5. The predicted octanol–water partition coefficient (Wildman–Crippen LogP) is 3.72. The monoisotopic (exact) mass is 351 g/mol. The van der Waals surface area contributed by atoms with Gasteiger partial charge in [-0.1, -0.05) is 30.3 Å². The summed E-state index contributed by atoms with van der Waals surface area (Å²) in [5.41, 5.74) is 3.09. The first-order valence-corrected chi connectivity index (χ1v) is 8.94. The zero-order chi connectivity index (χ0) is 18.5. The van der Waals surface area contributed by atoms with E-state index in [0.29, 0.717) is 19.7 Å². The number of aliphatic hydroxyl groups excluding tert-OH is 1. The van der Waals surface area contributed by atoms with Crippen LogP contribution in [0.15, 0.2) is 48.8 Å². The van der Waals surface area contributed by atoms with Crippen molar-refractivity contribution < 1.29 is 9.84 Å². The molecule has 5 heteroatoms. The molecule has 0 saturated heterocycles. The van der Waals surface area contributed by atoms with Crippen molar-refractivity contribution in [3.05, 3.63) is 59.9 Å². The maximum Gasteiger partial charge on any atom is 0.140 e. The molecule has 3 rings (SSSR count). The maximum atomic E-state index is 10.1. The number of aromatic nitrogens is 2. The Balaban J connectivity index is 2.06. The molecule has 0 amide bonds. The molecule has 1 unspecified atom stereocenters. The van der Waals surface area contributed by atoms with E-state index in [4.69, 9.17) is 4.74 Å². The van der Waals surface area contributed by atoms with Crippen molar-refractivity contribution in [1.82, 2.24) is 9.97 Å². The van der Waals surface area contributed by atoms with E-state index in [9.17, 15) is 5.11 Å². The molecule has 2 aromatic carbocycles. The Morgan fingerprint density at radius 2 is 1.92 bits per heavy atom. The Kier molecular flexibility index (Phi) is 5.68. The number of aryl methyl sites for hydroxylation is 1. The number of fused-ring (bicyclic) bond motifs is 1. The number of rotatable bonds is 7. The third-order valence-electron chi connectivity index (χ3n) is 4.27. The number of aliphatic hydroxyl groups is 1. The van der Waals surface area contributed by atoms with Crippen LogP contribution in [0.3, 0.4) is 0 Å². The molecule has 0 aliphatic carbocycles. The summed E-state index contributed by atoms with van der Waals surface area (Å²) in [6.07, 6.45) is 1.10. The smallest absolute Gasteiger partial charge is 0.140 e. The zero-order valence-electron chi connectivity index (χ0n) is 15.5. The molecule has 5 nitrogen and oxygen atoms in total. The summed E-state index contributed by atoms with van der Waals surface area (Å²) in [4.78, 5) is 11.0. The van der Waals surface area contributed by atoms with Crippen LogP contribution in [0, 0.1) is 6.92 Å². The standard InChI is InChI=1S/C21H25N3O2/c1-4-26-19-11-6-5-9-17(19)13-24(12-16(3)25)21-20-15(2)8-7-10-18(20)22-14-23-21/h5-11,14,16,25H,4,12-13H2,1-3H3. The molecule has 0 fully saturated rings. The van der Waals surface area contributed by atoms with Crippen LogP contribution in [0.4, 0.5) is 5.82 Å². The fourth-order valence-electron chi connectivity index (χ4n) is 3.18. The lowest BCUT2D eigenvalue weighted by atomic mass is 10.1. The van der Waals surface area contributed by atoms with Crippen LogP contribution in [0.25, 0.3) is 10.9 Å². The van der Waals surface area contributed by atoms with Crippen molar-refractivity contribution in [2.24, 2.45) is 0 Å². The third kappa shape index (κ3) is 3.94. The van der Waals surface area contributed by atoms with Gasteiger partial charge < -0.3 is 14.7 Å². The number of nitrogens with zero attached hydrogens (tertiary/aromatic N) is 3. The molecule has 1 atom stereocenters. The molecule has 0 aliphatic rings. The SMILES string of the molecule is CCOc1ccccc1CN(CC(C)O)c1ncnc2cccc(C)c12. The summed E-state index contributed by atoms with van der Waals surface area (Å²) >= 11 is 0. The molecule has 1 heterocycles. The highest BCUT2D eigenvalue weighted by molar-refractivity contribution is 5.92. The molecule has 0 bridgehead atoms. The normalized spacial score (nSPS) is 12.2. The molecule has 0 aliphatic heterocycles. The number of ether oxygens (including phenoxy) is 1. The Labute approximate surface area is 154 Å². The van der Waals surface area contributed by atoms with E-state index >= 15 is 0 Å². The Hall–Kier alpha value is -2.66. The average Bonchev–Trinajstić information content (AvgIpc) is 2.62. The largest absolute Gasteiger partial charge is 0.494 e. The van der Waals surface area contributed by atoms with E-state index in [2.05, 4.69) is 33.9 Å². The van der Waals surface area contributed by atoms with Crippen molar-refractivity contribution in [2.45, 2.75) is 33.4 Å². The zero-order valence-corrected chi connectivity index (χ0v) is 15.5. The van der Waals surface area contributed by atoms with Crippen LogP contribution in [-0.4, -0.2) is 34.3 Å². The van der Waals surface area contributed by atoms with Gasteiger partial charge in [-0.2, -0.15) is 0 Å². The third-order valence-corrected chi connectivity index (χ3v) is 4.27. The molecule has 0 radical (unpaired) electrons. The van der Waals surface area contributed by atoms with Crippen molar-refractivity contribution in [3.63, 3.8) is 0 Å². The van der Waals surface area contributed by atoms with Gasteiger partial charge in [0.05, 0.1) is 18.2 Å².